The summed E-state index contributed by atoms with van der Waals surface area (Å²) in [5, 5.41) is 12.8. The predicted molar refractivity (Wildman–Crippen MR) is 123 cm³/mol. The molecule has 0 bridgehead atoms. The molecule has 1 aromatic carbocycles. The molecule has 2 heterocycles. The highest BCUT2D eigenvalue weighted by Gasteiger charge is 2.24. The van der Waals surface area contributed by atoms with Crippen molar-refractivity contribution in [2.45, 2.75) is 51.5 Å². The fraction of sp³-hybridized carbons (Fsp3) is 0.500. The summed E-state index contributed by atoms with van der Waals surface area (Å²) in [5.74, 6) is 0.603. The van der Waals surface area contributed by atoms with Gasteiger partial charge in [-0.2, -0.15) is 0 Å². The van der Waals surface area contributed by atoms with Gasteiger partial charge >= 0.3 is 5.97 Å². The van der Waals surface area contributed by atoms with Crippen molar-refractivity contribution in [2.24, 2.45) is 0 Å². The summed E-state index contributed by atoms with van der Waals surface area (Å²) < 4.78 is 10.8. The van der Waals surface area contributed by atoms with E-state index in [9.17, 15) is 9.90 Å². The lowest BCUT2D eigenvalue weighted by Gasteiger charge is -2.36. The molecule has 0 aliphatic carbocycles. The first kappa shape index (κ1) is 22.9. The molecule has 0 saturated carbocycles. The highest BCUT2D eigenvalue weighted by molar-refractivity contribution is 5.76. The Kier molecular flexibility index (Phi) is 8.12. The molecule has 1 unspecified atom stereocenters. The fourth-order valence-electron chi connectivity index (χ4n) is 4.20. The molecule has 1 saturated heterocycles. The van der Waals surface area contributed by atoms with Crippen LogP contribution in [0.5, 0.6) is 5.75 Å². The molecule has 1 aliphatic rings. The van der Waals surface area contributed by atoms with Gasteiger partial charge in [-0.1, -0.05) is 13.0 Å². The van der Waals surface area contributed by atoms with E-state index >= 15 is 0 Å². The first-order valence-electron chi connectivity index (χ1n) is 11.0. The van der Waals surface area contributed by atoms with Crippen LogP contribution < -0.4 is 15.0 Å². The van der Waals surface area contributed by atoms with Crippen molar-refractivity contribution >= 4 is 23.2 Å². The molecule has 0 amide bonds. The number of nitrogens with zero attached hydrogens (tertiary/aromatic N) is 2. The highest BCUT2D eigenvalue weighted by atomic mass is 16.5. The van der Waals surface area contributed by atoms with E-state index < -0.39 is 5.97 Å². The number of ether oxygens (including phenoxy) is 2. The zero-order chi connectivity index (χ0) is 22.2. The summed E-state index contributed by atoms with van der Waals surface area (Å²) in [6, 6.07) is 10.4. The number of pyridine rings is 1. The number of carbonyl (C=O) groups is 1. The maximum Gasteiger partial charge on any atom is 0.303 e. The van der Waals surface area contributed by atoms with Crippen LogP contribution >= 0.6 is 0 Å². The molecule has 1 aliphatic heterocycles. The molecule has 1 atom stereocenters. The van der Waals surface area contributed by atoms with Crippen LogP contribution in [0.4, 0.5) is 17.2 Å². The van der Waals surface area contributed by atoms with E-state index in [1.54, 1.807) is 13.3 Å². The normalized spacial score (nSPS) is 15.3. The second-order valence-electron chi connectivity index (χ2n) is 7.82. The number of hydrogen-bond acceptors (Lipinski definition) is 6. The third-order valence-electron chi connectivity index (χ3n) is 5.92. The molecule has 0 radical (unpaired) electrons. The third kappa shape index (κ3) is 5.88. The van der Waals surface area contributed by atoms with Crippen molar-refractivity contribution in [3.05, 3.63) is 42.1 Å². The van der Waals surface area contributed by atoms with Gasteiger partial charge < -0.3 is 24.8 Å². The summed E-state index contributed by atoms with van der Waals surface area (Å²) in [6.07, 6.45) is 4.55. The Balaban J connectivity index is 1.97. The average molecular weight is 428 g/mol. The van der Waals surface area contributed by atoms with Gasteiger partial charge in [0.25, 0.3) is 0 Å². The number of nitrogens with one attached hydrogen (secondary N) is 1. The van der Waals surface area contributed by atoms with E-state index in [-0.39, 0.29) is 12.3 Å². The molecule has 2 N–H and O–H groups in total. The summed E-state index contributed by atoms with van der Waals surface area (Å²) in [7, 11) is 1.62. The van der Waals surface area contributed by atoms with E-state index in [1.165, 1.54) is 0 Å². The molecule has 7 heteroatoms. The number of aliphatic carboxylic acids is 1. The minimum atomic E-state index is -0.778. The Morgan fingerprint density at radius 2 is 2.06 bits per heavy atom. The zero-order valence-electron chi connectivity index (χ0n) is 18.6. The zero-order valence-corrected chi connectivity index (χ0v) is 18.6. The first-order chi connectivity index (χ1) is 15.0. The number of methoxy groups -OCH3 is 1. The molecular weight excluding hydrogens is 394 g/mol. The lowest BCUT2D eigenvalue weighted by atomic mass is 9.92. The number of anilines is 3. The second-order valence-corrected chi connectivity index (χ2v) is 7.82. The van der Waals surface area contributed by atoms with Gasteiger partial charge in [0.05, 0.1) is 31.1 Å². The monoisotopic (exact) mass is 427 g/mol. The highest BCUT2D eigenvalue weighted by Crippen LogP contribution is 2.36. The average Bonchev–Trinajstić information content (AvgIpc) is 2.80. The van der Waals surface area contributed by atoms with Gasteiger partial charge in [0.2, 0.25) is 0 Å². The number of carboxylic acids is 1. The quantitative estimate of drug-likeness (QED) is 0.563. The van der Waals surface area contributed by atoms with E-state index in [0.29, 0.717) is 17.6 Å². The molecule has 31 heavy (non-hydrogen) atoms. The number of carboxylic acid groups (broad SMARTS) is 1. The van der Waals surface area contributed by atoms with Gasteiger partial charge in [0, 0.05) is 25.8 Å². The molecular formula is C24H33N3O4. The van der Waals surface area contributed by atoms with Crippen molar-refractivity contribution in [2.75, 3.05) is 37.1 Å². The van der Waals surface area contributed by atoms with E-state index in [0.717, 1.165) is 56.0 Å². The summed E-state index contributed by atoms with van der Waals surface area (Å²) in [6.45, 7) is 6.62. The van der Waals surface area contributed by atoms with Crippen LogP contribution in [0.15, 0.2) is 36.5 Å². The Morgan fingerprint density at radius 3 is 2.65 bits per heavy atom. The SMILES string of the molecule is CCC(CC(=O)O)c1ccc(N(CC)C2CCOCC2)c(Nc2ccc(OC)cn2)c1. The largest absolute Gasteiger partial charge is 0.495 e. The van der Waals surface area contributed by atoms with Gasteiger partial charge in [-0.3, -0.25) is 4.79 Å². The molecule has 1 fully saturated rings. The van der Waals surface area contributed by atoms with E-state index in [1.807, 2.05) is 19.1 Å². The van der Waals surface area contributed by atoms with Crippen LogP contribution in [0.1, 0.15) is 51.0 Å². The van der Waals surface area contributed by atoms with E-state index in [4.69, 9.17) is 9.47 Å². The van der Waals surface area contributed by atoms with Crippen molar-refractivity contribution < 1.29 is 19.4 Å². The Hall–Kier alpha value is -2.80. The van der Waals surface area contributed by atoms with Crippen LogP contribution in [0.25, 0.3) is 0 Å². The van der Waals surface area contributed by atoms with Crippen LogP contribution in [0.3, 0.4) is 0 Å². The third-order valence-corrected chi connectivity index (χ3v) is 5.92. The van der Waals surface area contributed by atoms with Crippen LogP contribution in [0.2, 0.25) is 0 Å². The maximum atomic E-state index is 11.3. The first-order valence-corrected chi connectivity index (χ1v) is 11.0. The maximum absolute atomic E-state index is 11.3. The standard InChI is InChI=1S/C24H33N3O4/c1-4-17(15-24(28)29)18-6-8-22(27(5-2)19-10-12-31-13-11-19)21(14-18)26-23-9-7-20(30-3)16-25-23/h6-9,14,16-17,19H,4-5,10-13,15H2,1-3H3,(H,25,26)(H,28,29). The minimum absolute atomic E-state index is 0.0333. The lowest BCUT2D eigenvalue weighted by molar-refractivity contribution is -0.137. The molecule has 2 aromatic rings. The number of aromatic nitrogens is 1. The molecule has 0 spiro atoms. The Bertz CT molecular complexity index is 850. The van der Waals surface area contributed by atoms with Gasteiger partial charge in [0.1, 0.15) is 11.6 Å². The Morgan fingerprint density at radius 1 is 1.29 bits per heavy atom. The number of rotatable bonds is 10. The van der Waals surface area contributed by atoms with Gasteiger partial charge in [-0.05, 0) is 61.9 Å². The van der Waals surface area contributed by atoms with Crippen LogP contribution in [-0.2, 0) is 9.53 Å². The van der Waals surface area contributed by atoms with Crippen molar-refractivity contribution in [3.63, 3.8) is 0 Å². The summed E-state index contributed by atoms with van der Waals surface area (Å²) >= 11 is 0. The van der Waals surface area contributed by atoms with Crippen molar-refractivity contribution in [1.82, 2.24) is 4.98 Å². The lowest BCUT2D eigenvalue weighted by Crippen LogP contribution is -2.39. The van der Waals surface area contributed by atoms with Crippen LogP contribution in [-0.4, -0.2) is 49.0 Å². The number of benzene rings is 1. The fourth-order valence-corrected chi connectivity index (χ4v) is 4.20. The van der Waals surface area contributed by atoms with Crippen molar-refractivity contribution in [1.29, 1.82) is 0 Å². The van der Waals surface area contributed by atoms with Gasteiger partial charge in [-0.15, -0.1) is 0 Å². The molecule has 168 valence electrons. The molecule has 3 rings (SSSR count). The van der Waals surface area contributed by atoms with Gasteiger partial charge in [0.15, 0.2) is 0 Å². The molecule has 7 nitrogen and oxygen atoms in total. The van der Waals surface area contributed by atoms with E-state index in [2.05, 4.69) is 40.3 Å². The van der Waals surface area contributed by atoms with Gasteiger partial charge in [-0.25, -0.2) is 4.98 Å². The molecule has 1 aromatic heterocycles. The Labute approximate surface area is 184 Å². The number of hydrogen-bond donors (Lipinski definition) is 2. The van der Waals surface area contributed by atoms with Crippen LogP contribution in [0, 0.1) is 0 Å². The summed E-state index contributed by atoms with van der Waals surface area (Å²) in [4.78, 5) is 18.2. The minimum Gasteiger partial charge on any atom is -0.495 e. The topological polar surface area (TPSA) is 83.9 Å². The predicted octanol–water partition coefficient (Wildman–Crippen LogP) is 4.81. The van der Waals surface area contributed by atoms with Crippen molar-refractivity contribution in [3.8, 4) is 5.75 Å². The second kappa shape index (κ2) is 11.0. The smallest absolute Gasteiger partial charge is 0.303 e. The summed E-state index contributed by atoms with van der Waals surface area (Å²) in [5.41, 5.74) is 3.06.